The first-order valence-electron chi connectivity index (χ1n) is 12.3. The number of nitrogens with zero attached hydrogens (tertiary/aromatic N) is 1. The molecule has 0 bridgehead atoms. The van der Waals surface area contributed by atoms with Crippen LogP contribution in [0.5, 0.6) is 5.75 Å². The molecule has 1 N–H and O–H groups in total. The Hall–Kier alpha value is -5.24. The number of ether oxygens (including phenoxy) is 2. The highest BCUT2D eigenvalue weighted by atomic mass is 16.5. The number of nitrogens with one attached hydrogen (secondary N) is 1. The molecule has 0 aliphatic carbocycles. The molecule has 5 rings (SSSR count). The second kappa shape index (κ2) is 11.0. The molecule has 8 nitrogen and oxygen atoms in total. The lowest BCUT2D eigenvalue weighted by molar-refractivity contribution is -0.122. The SMILES string of the molecule is CCOC(=O)c1ccc(N2C(=O)NC(=O)/C(=C\c3ccccc3OCc3cccc4ccccc34)C2=O)cc1. The molecule has 0 spiro atoms. The molecular formula is C31H24N2O6. The second-order valence-corrected chi connectivity index (χ2v) is 8.69. The Morgan fingerprint density at radius 1 is 0.872 bits per heavy atom. The minimum absolute atomic E-state index is 0.199. The van der Waals surface area contributed by atoms with Gasteiger partial charge in [0.05, 0.1) is 17.9 Å². The topological polar surface area (TPSA) is 102 Å². The van der Waals surface area contributed by atoms with Crippen molar-refractivity contribution in [1.82, 2.24) is 5.32 Å². The van der Waals surface area contributed by atoms with Crippen molar-refractivity contribution in [1.29, 1.82) is 0 Å². The van der Waals surface area contributed by atoms with Crippen molar-refractivity contribution in [2.24, 2.45) is 0 Å². The third-order valence-electron chi connectivity index (χ3n) is 6.22. The van der Waals surface area contributed by atoms with E-state index in [0.717, 1.165) is 21.2 Å². The van der Waals surface area contributed by atoms with Crippen molar-refractivity contribution in [3.05, 3.63) is 113 Å². The molecule has 0 atom stereocenters. The highest BCUT2D eigenvalue weighted by molar-refractivity contribution is 6.39. The second-order valence-electron chi connectivity index (χ2n) is 8.69. The van der Waals surface area contributed by atoms with Crippen LogP contribution in [0.15, 0.2) is 96.6 Å². The summed E-state index contributed by atoms with van der Waals surface area (Å²) in [5.74, 6) is -1.65. The van der Waals surface area contributed by atoms with E-state index in [2.05, 4.69) is 5.32 Å². The molecule has 1 aliphatic heterocycles. The van der Waals surface area contributed by atoms with Crippen LogP contribution in [0.25, 0.3) is 16.8 Å². The van der Waals surface area contributed by atoms with Gasteiger partial charge in [-0.3, -0.25) is 14.9 Å². The number of amides is 4. The Labute approximate surface area is 224 Å². The molecule has 1 fully saturated rings. The lowest BCUT2D eigenvalue weighted by Crippen LogP contribution is -2.54. The van der Waals surface area contributed by atoms with Crippen molar-refractivity contribution in [2.75, 3.05) is 11.5 Å². The molecule has 0 aromatic heterocycles. The van der Waals surface area contributed by atoms with Gasteiger partial charge in [-0.15, -0.1) is 0 Å². The zero-order chi connectivity index (χ0) is 27.4. The lowest BCUT2D eigenvalue weighted by atomic mass is 10.0. The van der Waals surface area contributed by atoms with Crippen LogP contribution in [-0.2, 0) is 20.9 Å². The number of barbiturate groups is 1. The van der Waals surface area contributed by atoms with Gasteiger partial charge in [0.1, 0.15) is 17.9 Å². The summed E-state index contributed by atoms with van der Waals surface area (Å²) < 4.78 is 11.1. The van der Waals surface area contributed by atoms with Crippen LogP contribution in [0, 0.1) is 0 Å². The third-order valence-corrected chi connectivity index (χ3v) is 6.22. The maximum atomic E-state index is 13.4. The van der Waals surface area contributed by atoms with Gasteiger partial charge >= 0.3 is 12.0 Å². The van der Waals surface area contributed by atoms with Gasteiger partial charge in [-0.2, -0.15) is 0 Å². The summed E-state index contributed by atoms with van der Waals surface area (Å²) in [6.07, 6.45) is 1.41. The van der Waals surface area contributed by atoms with Crippen molar-refractivity contribution in [3.8, 4) is 5.75 Å². The summed E-state index contributed by atoms with van der Waals surface area (Å²) in [5.41, 5.74) is 1.73. The van der Waals surface area contributed by atoms with Gasteiger partial charge in [0, 0.05) is 5.56 Å². The normalized spacial score (nSPS) is 14.4. The first-order valence-corrected chi connectivity index (χ1v) is 12.3. The maximum absolute atomic E-state index is 13.4. The Morgan fingerprint density at radius 2 is 1.59 bits per heavy atom. The summed E-state index contributed by atoms with van der Waals surface area (Å²) in [4.78, 5) is 51.5. The first-order chi connectivity index (χ1) is 19.0. The zero-order valence-electron chi connectivity index (χ0n) is 21.0. The number of carbonyl (C=O) groups excluding carboxylic acids is 4. The number of imide groups is 2. The smallest absolute Gasteiger partial charge is 0.338 e. The molecule has 1 heterocycles. The summed E-state index contributed by atoms with van der Waals surface area (Å²) in [6.45, 7) is 2.19. The van der Waals surface area contributed by atoms with Gasteiger partial charge < -0.3 is 9.47 Å². The highest BCUT2D eigenvalue weighted by Crippen LogP contribution is 2.27. The quantitative estimate of drug-likeness (QED) is 0.203. The molecule has 8 heteroatoms. The van der Waals surface area contributed by atoms with Crippen LogP contribution in [-0.4, -0.2) is 30.4 Å². The molecule has 0 saturated carbocycles. The average molecular weight is 521 g/mol. The predicted octanol–water partition coefficient (Wildman–Crippen LogP) is 5.26. The molecule has 194 valence electrons. The summed E-state index contributed by atoms with van der Waals surface area (Å²) in [7, 11) is 0. The van der Waals surface area contributed by atoms with Crippen LogP contribution in [0.3, 0.4) is 0 Å². The van der Waals surface area contributed by atoms with E-state index in [1.165, 1.54) is 30.3 Å². The highest BCUT2D eigenvalue weighted by Gasteiger charge is 2.37. The van der Waals surface area contributed by atoms with E-state index < -0.39 is 23.8 Å². The van der Waals surface area contributed by atoms with E-state index in [-0.39, 0.29) is 30.0 Å². The van der Waals surface area contributed by atoms with Crippen molar-refractivity contribution >= 4 is 46.4 Å². The number of benzene rings is 4. The number of hydrogen-bond donors (Lipinski definition) is 1. The Balaban J connectivity index is 1.41. The van der Waals surface area contributed by atoms with E-state index >= 15 is 0 Å². The standard InChI is InChI=1S/C31H24N2O6/c1-2-38-30(36)21-14-16-24(17-15-21)33-29(35)26(28(34)32-31(33)37)18-22-9-4-6-13-27(22)39-19-23-11-7-10-20-8-3-5-12-25(20)23/h3-18H,2,19H2,1H3,(H,32,34,37)/b26-18+. The van der Waals surface area contributed by atoms with Crippen molar-refractivity contribution < 1.29 is 28.7 Å². The number of urea groups is 1. The van der Waals surface area contributed by atoms with Gasteiger partial charge in [0.15, 0.2) is 0 Å². The van der Waals surface area contributed by atoms with Crippen LogP contribution < -0.4 is 15.0 Å². The Morgan fingerprint density at radius 3 is 2.38 bits per heavy atom. The van der Waals surface area contributed by atoms with E-state index in [4.69, 9.17) is 9.47 Å². The van der Waals surface area contributed by atoms with Gasteiger partial charge in [-0.25, -0.2) is 14.5 Å². The predicted molar refractivity (Wildman–Crippen MR) is 146 cm³/mol. The minimum Gasteiger partial charge on any atom is -0.488 e. The largest absolute Gasteiger partial charge is 0.488 e. The molecule has 1 aliphatic rings. The lowest BCUT2D eigenvalue weighted by Gasteiger charge is -2.26. The van der Waals surface area contributed by atoms with Crippen LogP contribution in [0.4, 0.5) is 10.5 Å². The third kappa shape index (κ3) is 5.26. The Kier molecular flexibility index (Phi) is 7.18. The molecule has 4 amide bonds. The molecule has 0 radical (unpaired) electrons. The molecular weight excluding hydrogens is 496 g/mol. The molecule has 0 unspecified atom stereocenters. The van der Waals surface area contributed by atoms with E-state index in [9.17, 15) is 19.2 Å². The van der Waals surface area contributed by atoms with Gasteiger partial charge in [-0.1, -0.05) is 60.7 Å². The monoisotopic (exact) mass is 520 g/mol. The number of esters is 1. The Bertz CT molecular complexity index is 1620. The molecule has 4 aromatic rings. The maximum Gasteiger partial charge on any atom is 0.338 e. The minimum atomic E-state index is -0.883. The van der Waals surface area contributed by atoms with Crippen LogP contribution in [0.1, 0.15) is 28.4 Å². The number of fused-ring (bicyclic) bond motifs is 1. The van der Waals surface area contributed by atoms with E-state index in [1.54, 1.807) is 31.2 Å². The number of rotatable bonds is 7. The number of carbonyl (C=O) groups is 4. The average Bonchev–Trinajstić information content (AvgIpc) is 2.95. The number of anilines is 1. The number of hydrogen-bond acceptors (Lipinski definition) is 6. The van der Waals surface area contributed by atoms with Crippen LogP contribution in [0.2, 0.25) is 0 Å². The van der Waals surface area contributed by atoms with Gasteiger partial charge in [0.25, 0.3) is 11.8 Å². The summed E-state index contributed by atoms with van der Waals surface area (Å²) in [6, 6.07) is 25.9. The molecule has 39 heavy (non-hydrogen) atoms. The fraction of sp³-hybridized carbons (Fsp3) is 0.0968. The van der Waals surface area contributed by atoms with Crippen molar-refractivity contribution in [2.45, 2.75) is 13.5 Å². The van der Waals surface area contributed by atoms with E-state index in [1.807, 2.05) is 42.5 Å². The molecule has 4 aromatic carbocycles. The fourth-order valence-corrected chi connectivity index (χ4v) is 4.31. The van der Waals surface area contributed by atoms with Crippen molar-refractivity contribution in [3.63, 3.8) is 0 Å². The van der Waals surface area contributed by atoms with E-state index in [0.29, 0.717) is 11.3 Å². The van der Waals surface area contributed by atoms with Gasteiger partial charge in [0.2, 0.25) is 0 Å². The summed E-state index contributed by atoms with van der Waals surface area (Å²) in [5, 5.41) is 4.38. The van der Waals surface area contributed by atoms with Gasteiger partial charge in [-0.05, 0) is 59.7 Å². The first kappa shape index (κ1) is 25.4. The fourth-order valence-electron chi connectivity index (χ4n) is 4.31. The number of para-hydroxylation sites is 1. The summed E-state index contributed by atoms with van der Waals surface area (Å²) >= 11 is 0. The molecule has 1 saturated heterocycles. The van der Waals surface area contributed by atoms with Crippen LogP contribution >= 0.6 is 0 Å². The zero-order valence-corrected chi connectivity index (χ0v) is 21.0.